The van der Waals surface area contributed by atoms with Crippen molar-refractivity contribution in [2.24, 2.45) is 0 Å². The molecule has 5 nitrogen and oxygen atoms in total. The van der Waals surface area contributed by atoms with Crippen LogP contribution in [0.3, 0.4) is 0 Å². The van der Waals surface area contributed by atoms with E-state index in [0.717, 1.165) is 26.9 Å². The topological polar surface area (TPSA) is 59.8 Å². The average Bonchev–Trinajstić information content (AvgIpc) is 3.23. The number of benzene rings is 3. The number of nitrogens with zero attached hydrogens (tertiary/aromatic N) is 3. The molecule has 33 heavy (non-hydrogen) atoms. The number of halogens is 1. The van der Waals surface area contributed by atoms with Crippen molar-refractivity contribution in [2.75, 3.05) is 17.3 Å². The Morgan fingerprint density at radius 2 is 1.70 bits per heavy atom. The average molecular weight is 479 g/mol. The Hall–Kier alpha value is -3.10. The largest absolute Gasteiger partial charge is 0.325 e. The minimum Gasteiger partial charge on any atom is -0.325 e. The quantitative estimate of drug-likeness (QED) is 0.300. The number of aromatic nitrogens is 3. The Morgan fingerprint density at radius 1 is 0.970 bits per heavy atom. The van der Waals surface area contributed by atoms with Crippen LogP contribution in [-0.4, -0.2) is 32.7 Å². The predicted octanol–water partition coefficient (Wildman–Crippen LogP) is 5.98. The van der Waals surface area contributed by atoms with Crippen LogP contribution in [0.5, 0.6) is 0 Å². The first-order chi connectivity index (χ1) is 16.1. The fourth-order valence-electron chi connectivity index (χ4n) is 3.31. The lowest BCUT2D eigenvalue weighted by Gasteiger charge is -2.11. The Bertz CT molecular complexity index is 1210. The minimum absolute atomic E-state index is 0.0446. The van der Waals surface area contributed by atoms with E-state index in [1.54, 1.807) is 23.9 Å². The van der Waals surface area contributed by atoms with Gasteiger partial charge in [0.05, 0.1) is 12.2 Å². The van der Waals surface area contributed by atoms with Crippen molar-refractivity contribution >= 4 is 35.1 Å². The van der Waals surface area contributed by atoms with Gasteiger partial charge in [-0.25, -0.2) is 4.39 Å². The van der Waals surface area contributed by atoms with E-state index in [2.05, 4.69) is 15.5 Å². The SMILES string of the molecule is CSc1ccccc1NC(=O)CCSc1nnc(-c2ccc(F)cc2)n1Cc1ccccc1. The number of para-hydroxylation sites is 1. The molecule has 0 aliphatic carbocycles. The second-order valence-corrected chi connectivity index (χ2v) is 9.14. The maximum Gasteiger partial charge on any atom is 0.225 e. The summed E-state index contributed by atoms with van der Waals surface area (Å²) >= 11 is 3.08. The number of hydrogen-bond donors (Lipinski definition) is 1. The highest BCUT2D eigenvalue weighted by molar-refractivity contribution is 7.99. The molecule has 0 spiro atoms. The van der Waals surface area contributed by atoms with Crippen molar-refractivity contribution in [3.05, 3.63) is 90.2 Å². The second kappa shape index (κ2) is 11.2. The van der Waals surface area contributed by atoms with E-state index in [1.807, 2.05) is 65.4 Å². The van der Waals surface area contributed by atoms with Gasteiger partial charge in [-0.05, 0) is 48.2 Å². The second-order valence-electron chi connectivity index (χ2n) is 7.23. The van der Waals surface area contributed by atoms with Gasteiger partial charge in [0.25, 0.3) is 0 Å². The molecule has 0 aliphatic heterocycles. The highest BCUT2D eigenvalue weighted by Gasteiger charge is 2.16. The summed E-state index contributed by atoms with van der Waals surface area (Å²) in [7, 11) is 0. The smallest absolute Gasteiger partial charge is 0.225 e. The molecule has 0 bridgehead atoms. The van der Waals surface area contributed by atoms with Gasteiger partial charge in [0.15, 0.2) is 11.0 Å². The van der Waals surface area contributed by atoms with E-state index in [-0.39, 0.29) is 11.7 Å². The van der Waals surface area contributed by atoms with Crippen LogP contribution in [0.25, 0.3) is 11.4 Å². The summed E-state index contributed by atoms with van der Waals surface area (Å²) in [5.74, 6) is 0.886. The molecule has 0 atom stereocenters. The fraction of sp³-hybridized carbons (Fsp3) is 0.160. The molecule has 4 rings (SSSR count). The fourth-order valence-corrected chi connectivity index (χ4v) is 4.74. The van der Waals surface area contributed by atoms with Crippen LogP contribution in [0.15, 0.2) is 88.9 Å². The Kier molecular flexibility index (Phi) is 7.80. The molecule has 0 fully saturated rings. The Balaban J connectivity index is 1.47. The highest BCUT2D eigenvalue weighted by Crippen LogP contribution is 2.27. The van der Waals surface area contributed by atoms with Gasteiger partial charge in [0, 0.05) is 22.6 Å². The molecule has 168 valence electrons. The number of nitrogens with one attached hydrogen (secondary N) is 1. The first kappa shape index (κ1) is 23.1. The van der Waals surface area contributed by atoms with Crippen LogP contribution in [0, 0.1) is 5.82 Å². The number of carbonyl (C=O) groups excluding carboxylic acids is 1. The molecule has 1 amide bonds. The lowest BCUT2D eigenvalue weighted by atomic mass is 10.2. The normalized spacial score (nSPS) is 10.8. The molecule has 0 radical (unpaired) electrons. The van der Waals surface area contributed by atoms with Gasteiger partial charge in [-0.1, -0.05) is 54.2 Å². The van der Waals surface area contributed by atoms with Crippen molar-refractivity contribution in [2.45, 2.75) is 23.0 Å². The molecule has 1 heterocycles. The first-order valence-electron chi connectivity index (χ1n) is 10.4. The number of thioether (sulfide) groups is 2. The molecule has 0 saturated carbocycles. The van der Waals surface area contributed by atoms with Crippen LogP contribution in [0.2, 0.25) is 0 Å². The molecule has 1 N–H and O–H groups in total. The summed E-state index contributed by atoms with van der Waals surface area (Å²) in [5, 5.41) is 12.4. The van der Waals surface area contributed by atoms with Gasteiger partial charge >= 0.3 is 0 Å². The molecule has 8 heteroatoms. The molecule has 4 aromatic rings. The lowest BCUT2D eigenvalue weighted by Crippen LogP contribution is -2.13. The Morgan fingerprint density at radius 3 is 2.45 bits per heavy atom. The maximum atomic E-state index is 13.4. The van der Waals surface area contributed by atoms with Crippen LogP contribution in [-0.2, 0) is 11.3 Å². The van der Waals surface area contributed by atoms with Gasteiger partial charge in [-0.3, -0.25) is 9.36 Å². The molecule has 0 saturated heterocycles. The van der Waals surface area contributed by atoms with Crippen molar-refractivity contribution < 1.29 is 9.18 Å². The zero-order chi connectivity index (χ0) is 23.0. The van der Waals surface area contributed by atoms with Crippen LogP contribution >= 0.6 is 23.5 Å². The van der Waals surface area contributed by atoms with E-state index in [1.165, 1.54) is 23.9 Å². The summed E-state index contributed by atoms with van der Waals surface area (Å²) in [6.07, 6.45) is 2.33. The van der Waals surface area contributed by atoms with Crippen molar-refractivity contribution in [3.8, 4) is 11.4 Å². The third kappa shape index (κ3) is 6.03. The van der Waals surface area contributed by atoms with Crippen molar-refractivity contribution in [1.29, 1.82) is 0 Å². The number of carbonyl (C=O) groups is 1. The van der Waals surface area contributed by atoms with Crippen molar-refractivity contribution in [3.63, 3.8) is 0 Å². The zero-order valence-electron chi connectivity index (χ0n) is 18.1. The molecular weight excluding hydrogens is 455 g/mol. The number of amides is 1. The number of hydrogen-bond acceptors (Lipinski definition) is 5. The van der Waals surface area contributed by atoms with Crippen LogP contribution in [0.4, 0.5) is 10.1 Å². The van der Waals surface area contributed by atoms with E-state index in [4.69, 9.17) is 0 Å². The summed E-state index contributed by atoms with van der Waals surface area (Å²) in [6.45, 7) is 0.580. The Labute approximate surface area is 200 Å². The monoisotopic (exact) mass is 478 g/mol. The van der Waals surface area contributed by atoms with Crippen molar-refractivity contribution in [1.82, 2.24) is 14.8 Å². The summed E-state index contributed by atoms with van der Waals surface area (Å²) < 4.78 is 15.4. The third-order valence-corrected chi connectivity index (χ3v) is 6.71. The number of anilines is 1. The molecule has 0 aliphatic rings. The standard InChI is InChI=1S/C25H23FN4OS2/c1-32-22-10-6-5-9-21(22)27-23(31)15-16-33-25-29-28-24(19-11-13-20(26)14-12-19)30(25)17-18-7-3-2-4-8-18/h2-14H,15-17H2,1H3,(H,27,31). The molecule has 1 aromatic heterocycles. The van der Waals surface area contributed by atoms with Gasteiger partial charge in [0.2, 0.25) is 5.91 Å². The van der Waals surface area contributed by atoms with Gasteiger partial charge in [-0.2, -0.15) is 0 Å². The molecule has 3 aromatic carbocycles. The lowest BCUT2D eigenvalue weighted by molar-refractivity contribution is -0.115. The zero-order valence-corrected chi connectivity index (χ0v) is 19.7. The molecular formula is C25H23FN4OS2. The van der Waals surface area contributed by atoms with E-state index in [0.29, 0.717) is 24.5 Å². The molecule has 0 unspecified atom stereocenters. The highest BCUT2D eigenvalue weighted by atomic mass is 32.2. The maximum absolute atomic E-state index is 13.4. The number of rotatable bonds is 9. The first-order valence-corrected chi connectivity index (χ1v) is 12.6. The summed E-state index contributed by atoms with van der Waals surface area (Å²) in [6, 6.07) is 24.0. The van der Waals surface area contributed by atoms with E-state index >= 15 is 0 Å². The summed E-state index contributed by atoms with van der Waals surface area (Å²) in [4.78, 5) is 13.5. The predicted molar refractivity (Wildman–Crippen MR) is 133 cm³/mol. The minimum atomic E-state index is -0.295. The van der Waals surface area contributed by atoms with E-state index < -0.39 is 0 Å². The third-order valence-electron chi connectivity index (χ3n) is 4.94. The van der Waals surface area contributed by atoms with Gasteiger partial charge in [0.1, 0.15) is 5.82 Å². The van der Waals surface area contributed by atoms with Crippen LogP contribution < -0.4 is 5.32 Å². The van der Waals surface area contributed by atoms with Crippen LogP contribution in [0.1, 0.15) is 12.0 Å². The van der Waals surface area contributed by atoms with E-state index in [9.17, 15) is 9.18 Å². The van der Waals surface area contributed by atoms with Gasteiger partial charge < -0.3 is 5.32 Å². The summed E-state index contributed by atoms with van der Waals surface area (Å²) in [5.41, 5.74) is 2.72. The van der Waals surface area contributed by atoms with Gasteiger partial charge in [-0.15, -0.1) is 22.0 Å².